The zero-order valence-corrected chi connectivity index (χ0v) is 11.9. The number of amides is 1. The lowest BCUT2D eigenvalue weighted by Gasteiger charge is -2.31. The van der Waals surface area contributed by atoms with E-state index in [2.05, 4.69) is 15.9 Å². The van der Waals surface area contributed by atoms with Crippen molar-refractivity contribution in [2.45, 2.75) is 12.8 Å². The molecule has 1 heterocycles. The van der Waals surface area contributed by atoms with E-state index in [1.807, 2.05) is 29.2 Å². The molecule has 1 aromatic carbocycles. The molecule has 1 aromatic rings. The number of likely N-dealkylation sites (tertiary alicyclic amines) is 1. The predicted octanol–water partition coefficient (Wildman–Crippen LogP) is 3.54. The average molecular weight is 317 g/mol. The van der Waals surface area contributed by atoms with E-state index in [-0.39, 0.29) is 5.91 Å². The van der Waals surface area contributed by atoms with Crippen molar-refractivity contribution in [3.63, 3.8) is 0 Å². The molecular weight excluding hydrogens is 302 g/mol. The lowest BCUT2D eigenvalue weighted by molar-refractivity contribution is 0.0698. The van der Waals surface area contributed by atoms with Crippen LogP contribution in [0.5, 0.6) is 0 Å². The van der Waals surface area contributed by atoms with E-state index in [0.717, 1.165) is 36.0 Å². The van der Waals surface area contributed by atoms with Crippen LogP contribution < -0.4 is 0 Å². The molecule has 1 amide bonds. The molecule has 17 heavy (non-hydrogen) atoms. The van der Waals surface area contributed by atoms with Gasteiger partial charge in [0.15, 0.2) is 0 Å². The number of hydrogen-bond acceptors (Lipinski definition) is 1. The van der Waals surface area contributed by atoms with Gasteiger partial charge in [-0.2, -0.15) is 0 Å². The molecule has 0 spiro atoms. The fourth-order valence-electron chi connectivity index (χ4n) is 2.07. The van der Waals surface area contributed by atoms with E-state index in [0.29, 0.717) is 11.8 Å². The topological polar surface area (TPSA) is 20.3 Å². The van der Waals surface area contributed by atoms with Crippen molar-refractivity contribution in [2.75, 3.05) is 19.0 Å². The van der Waals surface area contributed by atoms with Crippen molar-refractivity contribution in [1.82, 2.24) is 4.90 Å². The minimum atomic E-state index is 0.130. The molecule has 1 saturated heterocycles. The highest BCUT2D eigenvalue weighted by atomic mass is 79.9. The summed E-state index contributed by atoms with van der Waals surface area (Å²) in [6.45, 7) is 1.65. The fourth-order valence-corrected chi connectivity index (χ4v) is 2.64. The third-order valence-corrected chi connectivity index (χ3v) is 4.18. The predicted molar refractivity (Wildman–Crippen MR) is 73.5 cm³/mol. The van der Waals surface area contributed by atoms with Crippen molar-refractivity contribution in [2.24, 2.45) is 5.92 Å². The molecule has 2 nitrogen and oxygen atoms in total. The second-order valence-electron chi connectivity index (χ2n) is 4.40. The van der Waals surface area contributed by atoms with Gasteiger partial charge in [-0.3, -0.25) is 4.79 Å². The zero-order valence-electron chi connectivity index (χ0n) is 9.53. The first-order chi connectivity index (χ1) is 8.20. The number of carbonyl (C=O) groups excluding carboxylic acids is 1. The first-order valence-electron chi connectivity index (χ1n) is 5.81. The molecule has 92 valence electrons. The molecule has 0 N–H and O–H groups in total. The molecule has 1 fully saturated rings. The largest absolute Gasteiger partial charge is 0.339 e. The number of halogens is 2. The summed E-state index contributed by atoms with van der Waals surface area (Å²) in [5.41, 5.74) is 0.762. The van der Waals surface area contributed by atoms with Crippen molar-refractivity contribution in [3.8, 4) is 0 Å². The van der Waals surface area contributed by atoms with Gasteiger partial charge >= 0.3 is 0 Å². The van der Waals surface area contributed by atoms with Crippen LogP contribution in [-0.4, -0.2) is 29.8 Å². The monoisotopic (exact) mass is 315 g/mol. The molecule has 2 rings (SSSR count). The van der Waals surface area contributed by atoms with Crippen LogP contribution in [0.15, 0.2) is 28.7 Å². The molecule has 0 aromatic heterocycles. The quantitative estimate of drug-likeness (QED) is 0.764. The summed E-state index contributed by atoms with van der Waals surface area (Å²) in [6.07, 6.45) is 2.04. The number of alkyl halides is 1. The van der Waals surface area contributed by atoms with Crippen molar-refractivity contribution in [3.05, 3.63) is 34.3 Å². The maximum atomic E-state index is 12.2. The smallest absolute Gasteiger partial charge is 0.253 e. The molecule has 0 aliphatic carbocycles. The first-order valence-corrected chi connectivity index (χ1v) is 7.14. The normalized spacial score (nSPS) is 17.2. The number of carbonyl (C=O) groups is 1. The summed E-state index contributed by atoms with van der Waals surface area (Å²) in [7, 11) is 0. The molecule has 0 radical (unpaired) electrons. The Kier molecular flexibility index (Phi) is 4.46. The number of nitrogens with zero attached hydrogens (tertiary/aromatic N) is 1. The number of rotatable bonds is 2. The number of benzene rings is 1. The van der Waals surface area contributed by atoms with Crippen LogP contribution >= 0.6 is 27.5 Å². The van der Waals surface area contributed by atoms with Gasteiger partial charge in [-0.25, -0.2) is 0 Å². The van der Waals surface area contributed by atoms with Gasteiger partial charge in [-0.05, 0) is 43.0 Å². The second-order valence-corrected chi connectivity index (χ2v) is 5.62. The Bertz CT molecular complexity index is 385. The lowest BCUT2D eigenvalue weighted by Crippen LogP contribution is -2.38. The SMILES string of the molecule is O=C(c1ccc(Br)cc1)N1CCC(CCl)CC1. The second kappa shape index (κ2) is 5.87. The summed E-state index contributed by atoms with van der Waals surface area (Å²) < 4.78 is 0.995. The molecule has 0 atom stereocenters. The van der Waals surface area contributed by atoms with Crippen LogP contribution in [0.4, 0.5) is 0 Å². The van der Waals surface area contributed by atoms with Crippen molar-refractivity contribution < 1.29 is 4.79 Å². The molecule has 0 unspecified atom stereocenters. The average Bonchev–Trinajstić information content (AvgIpc) is 2.39. The Morgan fingerprint density at radius 2 is 1.88 bits per heavy atom. The molecule has 1 aliphatic heterocycles. The van der Waals surface area contributed by atoms with Crippen molar-refractivity contribution >= 4 is 33.4 Å². The lowest BCUT2D eigenvalue weighted by atomic mass is 9.98. The number of hydrogen-bond donors (Lipinski definition) is 0. The van der Waals surface area contributed by atoms with Gasteiger partial charge in [0.1, 0.15) is 0 Å². The minimum Gasteiger partial charge on any atom is -0.339 e. The molecule has 1 aliphatic rings. The van der Waals surface area contributed by atoms with E-state index >= 15 is 0 Å². The van der Waals surface area contributed by atoms with E-state index in [4.69, 9.17) is 11.6 Å². The highest BCUT2D eigenvalue weighted by Gasteiger charge is 2.22. The number of piperidine rings is 1. The Morgan fingerprint density at radius 3 is 2.41 bits per heavy atom. The summed E-state index contributed by atoms with van der Waals surface area (Å²) >= 11 is 9.20. The van der Waals surface area contributed by atoms with Gasteiger partial charge in [-0.1, -0.05) is 15.9 Å². The highest BCUT2D eigenvalue weighted by Crippen LogP contribution is 2.20. The highest BCUT2D eigenvalue weighted by molar-refractivity contribution is 9.10. The van der Waals surface area contributed by atoms with Crippen LogP contribution in [0.1, 0.15) is 23.2 Å². The Hall–Kier alpha value is -0.540. The van der Waals surface area contributed by atoms with Gasteiger partial charge in [0.2, 0.25) is 0 Å². The summed E-state index contributed by atoms with van der Waals surface area (Å²) in [5, 5.41) is 0. The molecule has 0 bridgehead atoms. The Labute approximate surface area is 115 Å². The van der Waals surface area contributed by atoms with Crippen molar-refractivity contribution in [1.29, 1.82) is 0 Å². The Balaban J connectivity index is 1.99. The third-order valence-electron chi connectivity index (χ3n) is 3.21. The van der Waals surface area contributed by atoms with E-state index in [1.54, 1.807) is 0 Å². The van der Waals surface area contributed by atoms with Crippen LogP contribution in [-0.2, 0) is 0 Å². The van der Waals surface area contributed by atoms with Gasteiger partial charge in [-0.15, -0.1) is 11.6 Å². The maximum Gasteiger partial charge on any atom is 0.253 e. The molecule has 4 heteroatoms. The summed E-state index contributed by atoms with van der Waals surface area (Å²) in [6, 6.07) is 7.53. The summed E-state index contributed by atoms with van der Waals surface area (Å²) in [5.74, 6) is 1.41. The fraction of sp³-hybridized carbons (Fsp3) is 0.462. The molecule has 0 saturated carbocycles. The van der Waals surface area contributed by atoms with Crippen LogP contribution in [0, 0.1) is 5.92 Å². The standard InChI is InChI=1S/C13H15BrClNO/c14-12-3-1-11(2-4-12)13(17)16-7-5-10(9-15)6-8-16/h1-4,10H,5-9H2. The van der Waals surface area contributed by atoms with Gasteiger partial charge < -0.3 is 4.90 Å². The molecular formula is C13H15BrClNO. The minimum absolute atomic E-state index is 0.130. The van der Waals surface area contributed by atoms with Crippen LogP contribution in [0.25, 0.3) is 0 Å². The maximum absolute atomic E-state index is 12.2. The van der Waals surface area contributed by atoms with Crippen LogP contribution in [0.2, 0.25) is 0 Å². The van der Waals surface area contributed by atoms with Gasteiger partial charge in [0, 0.05) is 29.0 Å². The van der Waals surface area contributed by atoms with E-state index in [9.17, 15) is 4.79 Å². The van der Waals surface area contributed by atoms with Gasteiger partial charge in [0.05, 0.1) is 0 Å². The van der Waals surface area contributed by atoms with E-state index < -0.39 is 0 Å². The third kappa shape index (κ3) is 3.23. The Morgan fingerprint density at radius 1 is 1.29 bits per heavy atom. The summed E-state index contributed by atoms with van der Waals surface area (Å²) in [4.78, 5) is 14.1. The van der Waals surface area contributed by atoms with E-state index in [1.165, 1.54) is 0 Å². The van der Waals surface area contributed by atoms with Crippen LogP contribution in [0.3, 0.4) is 0 Å². The van der Waals surface area contributed by atoms with Gasteiger partial charge in [0.25, 0.3) is 5.91 Å². The zero-order chi connectivity index (χ0) is 12.3. The first kappa shape index (κ1) is 12.9.